The maximum absolute atomic E-state index is 12.9. The van der Waals surface area contributed by atoms with Crippen molar-refractivity contribution < 1.29 is 22.7 Å². The van der Waals surface area contributed by atoms with E-state index in [1.54, 1.807) is 12.1 Å². The van der Waals surface area contributed by atoms with Gasteiger partial charge in [0, 0.05) is 5.69 Å². The highest BCUT2D eigenvalue weighted by Crippen LogP contribution is 2.36. The van der Waals surface area contributed by atoms with Crippen LogP contribution in [0.15, 0.2) is 36.4 Å². The number of halogens is 4. The van der Waals surface area contributed by atoms with E-state index in [4.69, 9.17) is 16.3 Å². The molecule has 25 heavy (non-hydrogen) atoms. The summed E-state index contributed by atoms with van der Waals surface area (Å²) in [6.07, 6.45) is -5.48. The summed E-state index contributed by atoms with van der Waals surface area (Å²) >= 11 is 5.56. The molecule has 0 radical (unpaired) electrons. The molecule has 7 heteroatoms. The zero-order valence-corrected chi connectivity index (χ0v) is 14.6. The molecule has 0 aliphatic heterocycles. The Labute approximate surface area is 148 Å². The molecule has 2 rings (SSSR count). The van der Waals surface area contributed by atoms with Crippen molar-refractivity contribution in [1.29, 1.82) is 0 Å². The molecule has 1 atom stereocenters. The lowest BCUT2D eigenvalue weighted by atomic mass is 10.1. The number of carbonyl (C=O) groups excluding carboxylic acids is 1. The third kappa shape index (κ3) is 5.13. The highest BCUT2D eigenvalue weighted by molar-refractivity contribution is 6.31. The number of ether oxygens (including phenoxy) is 1. The van der Waals surface area contributed by atoms with Gasteiger partial charge < -0.3 is 10.1 Å². The predicted molar refractivity (Wildman–Crippen MR) is 91.1 cm³/mol. The summed E-state index contributed by atoms with van der Waals surface area (Å²) in [6, 6.07) is 8.71. The first-order valence-corrected chi connectivity index (χ1v) is 7.86. The number of aryl methyl sites for hydroxylation is 2. The third-order valence-corrected chi connectivity index (χ3v) is 3.75. The number of nitrogens with one attached hydrogen (secondary N) is 1. The quantitative estimate of drug-likeness (QED) is 0.783. The van der Waals surface area contributed by atoms with Gasteiger partial charge >= 0.3 is 6.18 Å². The SMILES string of the molecule is Cc1cc(C)cc(OC(C)C(=O)Nc2ccc(Cl)c(C(F)(F)F)c2)c1. The van der Waals surface area contributed by atoms with E-state index in [2.05, 4.69) is 5.32 Å². The molecule has 0 saturated carbocycles. The molecule has 1 unspecified atom stereocenters. The van der Waals surface area contributed by atoms with Gasteiger partial charge in [-0.2, -0.15) is 13.2 Å². The van der Waals surface area contributed by atoms with Crippen molar-refractivity contribution in [2.45, 2.75) is 33.1 Å². The number of rotatable bonds is 4. The molecule has 134 valence electrons. The zero-order chi connectivity index (χ0) is 18.8. The van der Waals surface area contributed by atoms with E-state index in [0.717, 1.165) is 23.3 Å². The van der Waals surface area contributed by atoms with Crippen molar-refractivity contribution in [2.24, 2.45) is 0 Å². The molecule has 0 aliphatic carbocycles. The van der Waals surface area contributed by atoms with Crippen LogP contribution in [0.2, 0.25) is 5.02 Å². The molecule has 0 saturated heterocycles. The van der Waals surface area contributed by atoms with Gasteiger partial charge in [-0.3, -0.25) is 4.79 Å². The summed E-state index contributed by atoms with van der Waals surface area (Å²) in [4.78, 5) is 12.2. The van der Waals surface area contributed by atoms with Crippen molar-refractivity contribution in [3.8, 4) is 5.75 Å². The van der Waals surface area contributed by atoms with E-state index >= 15 is 0 Å². The Kier molecular flexibility index (Phi) is 5.62. The van der Waals surface area contributed by atoms with E-state index in [9.17, 15) is 18.0 Å². The second kappa shape index (κ2) is 7.35. The number of carbonyl (C=O) groups is 1. The normalized spacial score (nSPS) is 12.6. The molecule has 1 N–H and O–H groups in total. The number of anilines is 1. The van der Waals surface area contributed by atoms with Gasteiger partial charge in [0.05, 0.1) is 10.6 Å². The minimum absolute atomic E-state index is 0.00222. The average Bonchev–Trinajstić information content (AvgIpc) is 2.46. The highest BCUT2D eigenvalue weighted by atomic mass is 35.5. The highest BCUT2D eigenvalue weighted by Gasteiger charge is 2.33. The second-order valence-electron chi connectivity index (χ2n) is 5.77. The maximum Gasteiger partial charge on any atom is 0.417 e. The van der Waals surface area contributed by atoms with Crippen LogP contribution >= 0.6 is 11.6 Å². The molecule has 2 aromatic rings. The Morgan fingerprint density at radius 2 is 1.72 bits per heavy atom. The van der Waals surface area contributed by atoms with Crippen LogP contribution in [0.1, 0.15) is 23.6 Å². The summed E-state index contributed by atoms with van der Waals surface area (Å²) in [5.74, 6) is -0.0400. The summed E-state index contributed by atoms with van der Waals surface area (Å²) in [5, 5.41) is 1.98. The van der Waals surface area contributed by atoms with E-state index in [0.29, 0.717) is 5.75 Å². The van der Waals surface area contributed by atoms with Gasteiger partial charge in [-0.25, -0.2) is 0 Å². The fourth-order valence-corrected chi connectivity index (χ4v) is 2.55. The van der Waals surface area contributed by atoms with Crippen LogP contribution in [-0.4, -0.2) is 12.0 Å². The topological polar surface area (TPSA) is 38.3 Å². The first-order valence-electron chi connectivity index (χ1n) is 7.49. The Balaban J connectivity index is 2.11. The fourth-order valence-electron chi connectivity index (χ4n) is 2.32. The molecular weight excluding hydrogens is 355 g/mol. The minimum atomic E-state index is -4.60. The molecular formula is C18H17ClF3NO2. The number of benzene rings is 2. The van der Waals surface area contributed by atoms with Crippen LogP contribution in [0.3, 0.4) is 0 Å². The van der Waals surface area contributed by atoms with Crippen LogP contribution in [0.25, 0.3) is 0 Å². The smallest absolute Gasteiger partial charge is 0.417 e. The van der Waals surface area contributed by atoms with Crippen molar-refractivity contribution in [1.82, 2.24) is 0 Å². The van der Waals surface area contributed by atoms with Crippen LogP contribution in [-0.2, 0) is 11.0 Å². The molecule has 0 aromatic heterocycles. The second-order valence-corrected chi connectivity index (χ2v) is 6.17. The number of hydrogen-bond acceptors (Lipinski definition) is 2. The van der Waals surface area contributed by atoms with E-state index in [1.165, 1.54) is 13.0 Å². The first kappa shape index (κ1) is 19.1. The molecule has 0 bridgehead atoms. The van der Waals surface area contributed by atoms with Gasteiger partial charge in [0.2, 0.25) is 0 Å². The molecule has 3 nitrogen and oxygen atoms in total. The lowest BCUT2D eigenvalue weighted by Crippen LogP contribution is -2.30. The summed E-state index contributed by atoms with van der Waals surface area (Å²) in [6.45, 7) is 5.32. The van der Waals surface area contributed by atoms with Crippen LogP contribution in [0.5, 0.6) is 5.75 Å². The monoisotopic (exact) mass is 371 g/mol. The van der Waals surface area contributed by atoms with Gasteiger partial charge in [0.15, 0.2) is 6.10 Å². The van der Waals surface area contributed by atoms with Crippen LogP contribution in [0.4, 0.5) is 18.9 Å². The summed E-state index contributed by atoms with van der Waals surface area (Å²) in [5.41, 5.74) is 0.956. The molecule has 0 fully saturated rings. The van der Waals surface area contributed by atoms with Crippen molar-refractivity contribution in [3.05, 3.63) is 58.1 Å². The third-order valence-electron chi connectivity index (χ3n) is 3.42. The molecule has 0 heterocycles. The number of amides is 1. The van der Waals surface area contributed by atoms with E-state index < -0.39 is 28.8 Å². The Morgan fingerprint density at radius 3 is 2.28 bits per heavy atom. The maximum atomic E-state index is 12.9. The van der Waals surface area contributed by atoms with E-state index in [1.807, 2.05) is 19.9 Å². The van der Waals surface area contributed by atoms with Gasteiger partial charge in [0.25, 0.3) is 5.91 Å². The van der Waals surface area contributed by atoms with E-state index in [-0.39, 0.29) is 5.69 Å². The number of hydrogen-bond donors (Lipinski definition) is 1. The Bertz CT molecular complexity index is 770. The van der Waals surface area contributed by atoms with Gasteiger partial charge in [-0.15, -0.1) is 0 Å². The minimum Gasteiger partial charge on any atom is -0.481 e. The summed E-state index contributed by atoms with van der Waals surface area (Å²) in [7, 11) is 0. The fraction of sp³-hybridized carbons (Fsp3) is 0.278. The van der Waals surface area contributed by atoms with Gasteiger partial charge in [-0.1, -0.05) is 17.7 Å². The Morgan fingerprint density at radius 1 is 1.12 bits per heavy atom. The van der Waals surface area contributed by atoms with Gasteiger partial charge in [-0.05, 0) is 62.2 Å². The molecule has 0 spiro atoms. The lowest BCUT2D eigenvalue weighted by molar-refractivity contribution is -0.137. The Hall–Kier alpha value is -2.21. The molecule has 2 aromatic carbocycles. The lowest BCUT2D eigenvalue weighted by Gasteiger charge is -2.16. The van der Waals surface area contributed by atoms with Crippen molar-refractivity contribution in [2.75, 3.05) is 5.32 Å². The molecule has 1 amide bonds. The van der Waals surface area contributed by atoms with Crippen LogP contribution in [0, 0.1) is 13.8 Å². The average molecular weight is 372 g/mol. The van der Waals surface area contributed by atoms with Crippen molar-refractivity contribution in [3.63, 3.8) is 0 Å². The standard InChI is InChI=1S/C18H17ClF3NO2/c1-10-6-11(2)8-14(7-10)25-12(3)17(24)23-13-4-5-16(19)15(9-13)18(20,21)22/h4-9,12H,1-3H3,(H,23,24). The largest absolute Gasteiger partial charge is 0.481 e. The first-order chi connectivity index (χ1) is 11.6. The predicted octanol–water partition coefficient (Wildman–Crippen LogP) is 5.38. The zero-order valence-electron chi connectivity index (χ0n) is 13.9. The van der Waals surface area contributed by atoms with Gasteiger partial charge in [0.1, 0.15) is 5.75 Å². The van der Waals surface area contributed by atoms with Crippen molar-refractivity contribution >= 4 is 23.2 Å². The summed E-state index contributed by atoms with van der Waals surface area (Å²) < 4.78 is 44.2. The number of alkyl halides is 3. The molecule has 0 aliphatic rings. The van der Waals surface area contributed by atoms with Crippen LogP contribution < -0.4 is 10.1 Å².